The van der Waals surface area contributed by atoms with Gasteiger partial charge in [0.15, 0.2) is 12.8 Å². The first-order valence-electron chi connectivity index (χ1n) is 10.5. The quantitative estimate of drug-likeness (QED) is 0.303. The van der Waals surface area contributed by atoms with Crippen LogP contribution in [0.15, 0.2) is 46.1 Å². The van der Waals surface area contributed by atoms with Crippen molar-refractivity contribution < 1.29 is 37.7 Å². The second kappa shape index (κ2) is 9.91. The van der Waals surface area contributed by atoms with Crippen molar-refractivity contribution in [3.63, 3.8) is 0 Å². The molecule has 12 nitrogen and oxygen atoms in total. The number of carbonyl (C=O) groups excluding carboxylic acids is 1. The Balaban J connectivity index is 1.56. The van der Waals surface area contributed by atoms with Crippen molar-refractivity contribution in [3.05, 3.63) is 68.5 Å². The topological polar surface area (TPSA) is 155 Å². The van der Waals surface area contributed by atoms with Crippen LogP contribution in [0.25, 0.3) is 0 Å². The molecule has 2 N–H and O–H groups in total. The van der Waals surface area contributed by atoms with Crippen molar-refractivity contribution in [3.8, 4) is 11.8 Å². The smallest absolute Gasteiger partial charge is 0.339 e. The second-order valence-electron chi connectivity index (χ2n) is 8.06. The Morgan fingerprint density at radius 2 is 2.09 bits per heavy atom. The molecule has 2 aliphatic heterocycles. The first-order chi connectivity index (χ1) is 16.6. The fourth-order valence-electron chi connectivity index (χ4n) is 3.98. The first kappa shape index (κ1) is 25.1. The van der Waals surface area contributed by atoms with E-state index in [9.17, 15) is 23.8 Å². The molecule has 2 bridgehead atoms. The van der Waals surface area contributed by atoms with E-state index in [0.29, 0.717) is 5.56 Å². The summed E-state index contributed by atoms with van der Waals surface area (Å²) >= 11 is 0. The van der Waals surface area contributed by atoms with Crippen molar-refractivity contribution in [1.29, 1.82) is 0 Å². The SMILES string of the molecule is COC[C@@]12COC([C@H](n3cc(C#CCOC(=O)c4ccccc4)c(=O)[nH]c3=O)O1)[C@H]2OP(C)(=O)O. The average Bonchev–Trinajstić information content (AvgIpc) is 3.28. The van der Waals surface area contributed by atoms with E-state index in [2.05, 4.69) is 16.8 Å². The lowest BCUT2D eigenvalue weighted by Crippen LogP contribution is -2.46. The number of nitrogens with zero attached hydrogens (tertiary/aromatic N) is 1. The van der Waals surface area contributed by atoms with Crippen molar-refractivity contribution in [2.45, 2.75) is 24.0 Å². The van der Waals surface area contributed by atoms with E-state index in [0.717, 1.165) is 11.2 Å². The number of benzene rings is 1. The van der Waals surface area contributed by atoms with Crippen LogP contribution in [0.5, 0.6) is 0 Å². The summed E-state index contributed by atoms with van der Waals surface area (Å²) in [5, 5.41) is 0. The Kier molecular flexibility index (Phi) is 7.10. The van der Waals surface area contributed by atoms with Crippen LogP contribution in [0.4, 0.5) is 0 Å². The molecule has 2 fully saturated rings. The zero-order valence-electron chi connectivity index (χ0n) is 18.8. The number of aromatic nitrogens is 2. The molecule has 1 aromatic carbocycles. The molecule has 0 radical (unpaired) electrons. The molecule has 13 heteroatoms. The lowest BCUT2D eigenvalue weighted by atomic mass is 10.0. The lowest BCUT2D eigenvalue weighted by molar-refractivity contribution is -0.190. The molecule has 2 unspecified atom stereocenters. The van der Waals surface area contributed by atoms with E-state index in [1.807, 2.05) is 0 Å². The van der Waals surface area contributed by atoms with E-state index < -0.39 is 48.9 Å². The van der Waals surface area contributed by atoms with Crippen LogP contribution in [-0.4, -0.2) is 71.8 Å². The summed E-state index contributed by atoms with van der Waals surface area (Å²) < 4.78 is 40.4. The van der Waals surface area contributed by atoms with Crippen LogP contribution < -0.4 is 11.2 Å². The highest BCUT2D eigenvalue weighted by Crippen LogP contribution is 2.52. The maximum atomic E-state index is 12.6. The Morgan fingerprint density at radius 3 is 2.77 bits per heavy atom. The number of rotatable bonds is 7. The third-order valence-corrected chi connectivity index (χ3v) is 6.04. The Bertz CT molecular complexity index is 1320. The second-order valence-corrected chi connectivity index (χ2v) is 9.88. The van der Waals surface area contributed by atoms with Gasteiger partial charge >= 0.3 is 19.3 Å². The predicted octanol–water partition coefficient (Wildman–Crippen LogP) is 0.258. The van der Waals surface area contributed by atoms with Crippen LogP contribution in [0, 0.1) is 11.8 Å². The summed E-state index contributed by atoms with van der Waals surface area (Å²) in [6.07, 6.45) is -1.83. The molecule has 5 atom stereocenters. The van der Waals surface area contributed by atoms with Gasteiger partial charge in [0.25, 0.3) is 5.56 Å². The molecule has 186 valence electrons. The van der Waals surface area contributed by atoms with Gasteiger partial charge in [0, 0.05) is 20.0 Å². The van der Waals surface area contributed by atoms with Crippen LogP contribution >= 0.6 is 7.60 Å². The molecule has 4 rings (SSSR count). The van der Waals surface area contributed by atoms with Crippen LogP contribution in [0.1, 0.15) is 22.1 Å². The summed E-state index contributed by atoms with van der Waals surface area (Å²) in [6, 6.07) is 8.33. The molecule has 0 spiro atoms. The molecule has 2 aromatic rings. The normalized spacial score (nSPS) is 26.5. The number of esters is 1. The molecule has 35 heavy (non-hydrogen) atoms. The monoisotopic (exact) mass is 506 g/mol. The number of H-pyrrole nitrogens is 1. The average molecular weight is 506 g/mol. The molecule has 3 heterocycles. The van der Waals surface area contributed by atoms with Gasteiger partial charge in [-0.3, -0.25) is 23.4 Å². The van der Waals surface area contributed by atoms with Gasteiger partial charge in [0.2, 0.25) is 0 Å². The van der Waals surface area contributed by atoms with E-state index in [-0.39, 0.29) is 25.4 Å². The lowest BCUT2D eigenvalue weighted by Gasteiger charge is -2.31. The van der Waals surface area contributed by atoms with E-state index in [1.165, 1.54) is 13.3 Å². The van der Waals surface area contributed by atoms with Crippen LogP contribution in [0.3, 0.4) is 0 Å². The highest BCUT2D eigenvalue weighted by molar-refractivity contribution is 7.51. The number of hydrogen-bond acceptors (Lipinski definition) is 9. The van der Waals surface area contributed by atoms with Crippen molar-refractivity contribution in [1.82, 2.24) is 9.55 Å². The van der Waals surface area contributed by atoms with Gasteiger partial charge in [-0.2, -0.15) is 0 Å². The minimum absolute atomic E-state index is 0.0181. The molecule has 1 aromatic heterocycles. The zero-order valence-corrected chi connectivity index (χ0v) is 19.7. The van der Waals surface area contributed by atoms with Crippen LogP contribution in [-0.2, 0) is 28.0 Å². The maximum absolute atomic E-state index is 12.6. The highest BCUT2D eigenvalue weighted by atomic mass is 31.2. The number of carbonyl (C=O) groups is 1. The Morgan fingerprint density at radius 1 is 1.34 bits per heavy atom. The third-order valence-electron chi connectivity index (χ3n) is 5.42. The third kappa shape index (κ3) is 5.31. The summed E-state index contributed by atoms with van der Waals surface area (Å²) in [7, 11) is -2.52. The minimum Gasteiger partial charge on any atom is -0.449 e. The van der Waals surface area contributed by atoms with Crippen molar-refractivity contribution in [2.24, 2.45) is 0 Å². The molecule has 2 saturated heterocycles. The molecular weight excluding hydrogens is 483 g/mol. The number of methoxy groups -OCH3 is 1. The minimum atomic E-state index is -3.94. The first-order valence-corrected chi connectivity index (χ1v) is 12.5. The fraction of sp³-hybridized carbons (Fsp3) is 0.409. The van der Waals surface area contributed by atoms with Crippen molar-refractivity contribution in [2.75, 3.05) is 33.6 Å². The van der Waals surface area contributed by atoms with E-state index >= 15 is 0 Å². The Hall–Kier alpha value is -3.04. The van der Waals surface area contributed by atoms with Crippen molar-refractivity contribution >= 4 is 13.6 Å². The standard InChI is InChI=1S/C22H23N2O10P/c1-30-12-22-13-32-16(17(22)34-35(2,28)29)19(33-22)24-11-15(18(25)23-21(24)27)9-6-10-31-20(26)14-7-4-3-5-8-14/h3-5,7-8,11,16-17,19H,10,12-13H2,1-2H3,(H,28,29)(H,23,25,27)/t16?,17-,19-,22+/m1/s1. The number of aromatic amines is 1. The highest BCUT2D eigenvalue weighted by Gasteiger charge is 2.64. The maximum Gasteiger partial charge on any atom is 0.339 e. The number of hydrogen-bond donors (Lipinski definition) is 2. The molecule has 2 aliphatic rings. The van der Waals surface area contributed by atoms with Gasteiger partial charge in [0.05, 0.1) is 18.8 Å². The fourth-order valence-corrected chi connectivity index (χ4v) is 4.72. The number of fused-ring (bicyclic) bond motifs is 2. The predicted molar refractivity (Wildman–Crippen MR) is 120 cm³/mol. The van der Waals surface area contributed by atoms with Gasteiger partial charge < -0.3 is 23.8 Å². The van der Waals surface area contributed by atoms with E-state index in [1.54, 1.807) is 30.3 Å². The van der Waals surface area contributed by atoms with Gasteiger partial charge in [-0.15, -0.1) is 0 Å². The summed E-state index contributed by atoms with van der Waals surface area (Å²) in [5.74, 6) is 4.57. The van der Waals surface area contributed by atoms with Gasteiger partial charge in [0.1, 0.15) is 23.4 Å². The molecular formula is C22H23N2O10P. The number of ether oxygens (including phenoxy) is 4. The summed E-state index contributed by atoms with van der Waals surface area (Å²) in [4.78, 5) is 48.7. The van der Waals surface area contributed by atoms with Gasteiger partial charge in [-0.05, 0) is 12.1 Å². The summed E-state index contributed by atoms with van der Waals surface area (Å²) in [5.41, 5.74) is -2.51. The van der Waals surface area contributed by atoms with E-state index in [4.69, 9.17) is 23.5 Å². The van der Waals surface area contributed by atoms with Gasteiger partial charge in [-0.25, -0.2) is 9.59 Å². The molecule has 0 amide bonds. The largest absolute Gasteiger partial charge is 0.449 e. The summed E-state index contributed by atoms with van der Waals surface area (Å²) in [6.45, 7) is 0.740. The molecule has 0 aliphatic carbocycles. The van der Waals surface area contributed by atoms with Crippen LogP contribution in [0.2, 0.25) is 0 Å². The number of nitrogens with one attached hydrogen (secondary N) is 1. The van der Waals surface area contributed by atoms with Gasteiger partial charge in [-0.1, -0.05) is 30.0 Å². The zero-order chi connectivity index (χ0) is 25.2. The Labute approximate surface area is 199 Å². The molecule has 0 saturated carbocycles.